The van der Waals surface area contributed by atoms with Crippen LogP contribution in [0.15, 0.2) is 102 Å². The first-order chi connectivity index (χ1) is 15.6. The van der Waals surface area contributed by atoms with E-state index in [9.17, 15) is 0 Å². The van der Waals surface area contributed by atoms with Crippen LogP contribution in [0, 0.1) is 0 Å². The van der Waals surface area contributed by atoms with Gasteiger partial charge in [0.2, 0.25) is 0 Å². The molecule has 2 N–H and O–H groups in total. The lowest BCUT2D eigenvalue weighted by atomic mass is 9.84. The Bertz CT molecular complexity index is 1060. The molecular weight excluding hydrogens is 414 g/mol. The Balaban J connectivity index is 1.83. The standard InChI is InChI=1S/C28H29NO2S/c1-20-9-14-24(29)19-28(20,23-7-5-4-6-8-23)32-27(21-10-15-25(30-2)16-11-21)22-12-17-26(31-3)18-13-22/h4-18,27H,19,29H2,1-3H3. The van der Waals surface area contributed by atoms with E-state index in [2.05, 4.69) is 67.6 Å². The Kier molecular flexibility index (Phi) is 6.61. The van der Waals surface area contributed by atoms with E-state index >= 15 is 0 Å². The van der Waals surface area contributed by atoms with Crippen LogP contribution in [0.4, 0.5) is 0 Å². The van der Waals surface area contributed by atoms with Gasteiger partial charge in [0.15, 0.2) is 0 Å². The van der Waals surface area contributed by atoms with Crippen molar-refractivity contribution >= 4 is 11.8 Å². The zero-order chi connectivity index (χ0) is 22.6. The Morgan fingerprint density at radius 2 is 1.31 bits per heavy atom. The zero-order valence-electron chi connectivity index (χ0n) is 18.7. The summed E-state index contributed by atoms with van der Waals surface area (Å²) >= 11 is 1.94. The summed E-state index contributed by atoms with van der Waals surface area (Å²) in [6.07, 6.45) is 4.97. The van der Waals surface area contributed by atoms with E-state index in [-0.39, 0.29) is 10.00 Å². The molecule has 4 heteroatoms. The zero-order valence-corrected chi connectivity index (χ0v) is 19.6. The molecule has 0 bridgehead atoms. The van der Waals surface area contributed by atoms with E-state index in [0.717, 1.165) is 23.6 Å². The molecule has 1 aliphatic rings. The lowest BCUT2D eigenvalue weighted by Crippen LogP contribution is -2.29. The third kappa shape index (κ3) is 4.42. The lowest BCUT2D eigenvalue weighted by Gasteiger charge is -2.40. The van der Waals surface area contributed by atoms with E-state index in [0.29, 0.717) is 0 Å². The van der Waals surface area contributed by atoms with Crippen LogP contribution in [0.2, 0.25) is 0 Å². The Hall–Kier alpha value is -3.11. The molecule has 1 unspecified atom stereocenters. The van der Waals surface area contributed by atoms with Crippen LogP contribution < -0.4 is 15.2 Å². The molecule has 0 fully saturated rings. The van der Waals surface area contributed by atoms with Crippen molar-refractivity contribution in [2.45, 2.75) is 23.3 Å². The molecule has 1 aliphatic carbocycles. The van der Waals surface area contributed by atoms with Gasteiger partial charge in [0.25, 0.3) is 0 Å². The molecule has 0 saturated heterocycles. The van der Waals surface area contributed by atoms with E-state index in [1.165, 1.54) is 22.3 Å². The first kappa shape index (κ1) is 22.1. The maximum Gasteiger partial charge on any atom is 0.118 e. The van der Waals surface area contributed by atoms with Crippen molar-refractivity contribution < 1.29 is 9.47 Å². The fourth-order valence-electron chi connectivity index (χ4n) is 4.18. The second-order valence-corrected chi connectivity index (χ2v) is 9.41. The van der Waals surface area contributed by atoms with Gasteiger partial charge in [-0.1, -0.05) is 66.2 Å². The summed E-state index contributed by atoms with van der Waals surface area (Å²) in [5, 5.41) is 0.0984. The smallest absolute Gasteiger partial charge is 0.118 e. The van der Waals surface area contributed by atoms with Gasteiger partial charge >= 0.3 is 0 Å². The molecule has 3 nitrogen and oxygen atoms in total. The molecule has 164 valence electrons. The largest absolute Gasteiger partial charge is 0.497 e. The van der Waals surface area contributed by atoms with E-state index in [1.807, 2.05) is 42.1 Å². The van der Waals surface area contributed by atoms with Gasteiger partial charge in [0.05, 0.1) is 24.2 Å². The highest BCUT2D eigenvalue weighted by Gasteiger charge is 2.40. The van der Waals surface area contributed by atoms with Gasteiger partial charge in [0.1, 0.15) is 11.5 Å². The molecule has 3 aromatic rings. The Morgan fingerprint density at radius 3 is 1.81 bits per heavy atom. The molecule has 0 spiro atoms. The maximum absolute atomic E-state index is 6.41. The number of hydrogen-bond donors (Lipinski definition) is 1. The summed E-state index contributed by atoms with van der Waals surface area (Å²) in [5.74, 6) is 1.71. The average molecular weight is 444 g/mol. The summed E-state index contributed by atoms with van der Waals surface area (Å²) in [7, 11) is 3.39. The monoisotopic (exact) mass is 443 g/mol. The van der Waals surface area contributed by atoms with E-state index in [4.69, 9.17) is 15.2 Å². The summed E-state index contributed by atoms with van der Waals surface area (Å²) in [6.45, 7) is 2.21. The van der Waals surface area contributed by atoms with Crippen molar-refractivity contribution in [3.05, 3.63) is 119 Å². The van der Waals surface area contributed by atoms with Gasteiger partial charge in [-0.3, -0.25) is 0 Å². The summed E-state index contributed by atoms with van der Waals surface area (Å²) in [6, 6.07) is 27.4. The normalized spacial score (nSPS) is 18.1. The second-order valence-electron chi connectivity index (χ2n) is 8.01. The van der Waals surface area contributed by atoms with Crippen molar-refractivity contribution in [3.8, 4) is 11.5 Å². The van der Waals surface area contributed by atoms with Gasteiger partial charge < -0.3 is 15.2 Å². The van der Waals surface area contributed by atoms with Crippen LogP contribution in [0.25, 0.3) is 0 Å². The van der Waals surface area contributed by atoms with Crippen molar-refractivity contribution in [2.24, 2.45) is 5.73 Å². The maximum atomic E-state index is 6.41. The highest BCUT2D eigenvalue weighted by atomic mass is 32.2. The van der Waals surface area contributed by atoms with Crippen LogP contribution >= 0.6 is 11.8 Å². The van der Waals surface area contributed by atoms with Gasteiger partial charge in [-0.05, 0) is 54.0 Å². The summed E-state index contributed by atoms with van der Waals surface area (Å²) < 4.78 is 10.5. The molecule has 0 heterocycles. The van der Waals surface area contributed by atoms with Gasteiger partial charge in [-0.2, -0.15) is 0 Å². The van der Waals surface area contributed by atoms with Crippen LogP contribution in [0.1, 0.15) is 35.3 Å². The van der Waals surface area contributed by atoms with E-state index < -0.39 is 0 Å². The van der Waals surface area contributed by atoms with Gasteiger partial charge in [-0.15, -0.1) is 11.8 Å². The number of methoxy groups -OCH3 is 2. The molecule has 0 amide bonds. The second kappa shape index (κ2) is 9.58. The molecular formula is C28H29NO2S. The van der Waals surface area contributed by atoms with Crippen molar-refractivity contribution in [3.63, 3.8) is 0 Å². The molecule has 0 saturated carbocycles. The van der Waals surface area contributed by atoms with Crippen LogP contribution in [0.5, 0.6) is 11.5 Å². The van der Waals surface area contributed by atoms with Gasteiger partial charge in [-0.25, -0.2) is 0 Å². The molecule has 3 aromatic carbocycles. The third-order valence-corrected chi connectivity index (χ3v) is 7.92. The fraction of sp³-hybridized carbons (Fsp3) is 0.214. The topological polar surface area (TPSA) is 44.5 Å². The predicted molar refractivity (Wildman–Crippen MR) is 134 cm³/mol. The Labute approximate surface area is 195 Å². The summed E-state index contributed by atoms with van der Waals surface area (Å²) in [5.41, 5.74) is 12.3. The molecule has 0 aliphatic heterocycles. The molecule has 1 atom stereocenters. The minimum Gasteiger partial charge on any atom is -0.497 e. The minimum absolute atomic E-state index is 0.0984. The first-order valence-electron chi connectivity index (χ1n) is 10.7. The first-order valence-corrected chi connectivity index (χ1v) is 11.6. The number of benzene rings is 3. The minimum atomic E-state index is -0.259. The predicted octanol–water partition coefficient (Wildman–Crippen LogP) is 6.61. The number of allylic oxidation sites excluding steroid dienone is 3. The quantitative estimate of drug-likeness (QED) is 0.446. The van der Waals surface area contributed by atoms with Crippen LogP contribution in [-0.2, 0) is 4.75 Å². The fourth-order valence-corrected chi connectivity index (χ4v) is 5.94. The molecule has 4 rings (SSSR count). The molecule has 0 aromatic heterocycles. The Morgan fingerprint density at radius 1 is 0.781 bits per heavy atom. The van der Waals surface area contributed by atoms with Crippen molar-refractivity contribution in [1.29, 1.82) is 0 Å². The van der Waals surface area contributed by atoms with Crippen LogP contribution in [0.3, 0.4) is 0 Å². The highest BCUT2D eigenvalue weighted by molar-refractivity contribution is 8.00. The van der Waals surface area contributed by atoms with E-state index in [1.54, 1.807) is 14.2 Å². The number of rotatable bonds is 7. The molecule has 0 radical (unpaired) electrons. The summed E-state index contributed by atoms with van der Waals surface area (Å²) in [4.78, 5) is 0. The van der Waals surface area contributed by atoms with Crippen molar-refractivity contribution in [2.75, 3.05) is 14.2 Å². The highest BCUT2D eigenvalue weighted by Crippen LogP contribution is 2.56. The van der Waals surface area contributed by atoms with Gasteiger partial charge in [0, 0.05) is 12.1 Å². The molecule has 32 heavy (non-hydrogen) atoms. The lowest BCUT2D eigenvalue weighted by molar-refractivity contribution is 0.414. The number of hydrogen-bond acceptors (Lipinski definition) is 4. The third-order valence-electron chi connectivity index (χ3n) is 6.03. The number of ether oxygens (including phenoxy) is 2. The number of thioether (sulfide) groups is 1. The number of nitrogens with two attached hydrogens (primary N) is 1. The van der Waals surface area contributed by atoms with Crippen LogP contribution in [-0.4, -0.2) is 14.2 Å². The SMILES string of the molecule is COc1ccc(C(SC2(c3ccccc3)CC(N)=CC=C2C)c2ccc(OC)cc2)cc1. The van der Waals surface area contributed by atoms with Crippen molar-refractivity contribution in [1.82, 2.24) is 0 Å². The average Bonchev–Trinajstić information content (AvgIpc) is 2.85.